The van der Waals surface area contributed by atoms with Crippen LogP contribution in [0.1, 0.15) is 17.3 Å². The molecule has 0 aromatic heterocycles. The lowest BCUT2D eigenvalue weighted by Crippen LogP contribution is -2.49. The number of para-hydroxylation sites is 1. The zero-order chi connectivity index (χ0) is 15.7. The number of nitrogens with zero attached hydrogens (tertiary/aromatic N) is 1. The first-order valence-electron chi connectivity index (χ1n) is 5.97. The van der Waals surface area contributed by atoms with Gasteiger partial charge in [-0.25, -0.2) is 9.18 Å². The van der Waals surface area contributed by atoms with Crippen LogP contribution in [-0.2, 0) is 14.4 Å². The van der Waals surface area contributed by atoms with Crippen molar-refractivity contribution in [3.63, 3.8) is 0 Å². The largest absolute Gasteiger partial charge is 0.480 e. The highest BCUT2D eigenvalue weighted by molar-refractivity contribution is 6.52. The summed E-state index contributed by atoms with van der Waals surface area (Å²) >= 11 is 0. The molecule has 1 heterocycles. The molecule has 1 unspecified atom stereocenters. The fourth-order valence-corrected chi connectivity index (χ4v) is 2.10. The standard InChI is InChI=1S/C13H11FN2O5/c1-6(17)15-9(13(20)21)5-16-10-7(11(18)12(16)19)3-2-4-8(10)14/h2-4,9H,5H2,1H3,(H,15,17)(H,20,21). The predicted octanol–water partition coefficient (Wildman–Crippen LogP) is -0.0557. The molecule has 0 fully saturated rings. The van der Waals surface area contributed by atoms with E-state index in [9.17, 15) is 23.6 Å². The highest BCUT2D eigenvalue weighted by Gasteiger charge is 2.40. The number of anilines is 1. The molecule has 0 aliphatic carbocycles. The second kappa shape index (κ2) is 5.31. The van der Waals surface area contributed by atoms with E-state index in [0.717, 1.165) is 17.9 Å². The molecule has 1 aliphatic rings. The van der Waals surface area contributed by atoms with E-state index in [1.807, 2.05) is 0 Å². The number of ketones is 1. The highest BCUT2D eigenvalue weighted by Crippen LogP contribution is 2.31. The third-order valence-corrected chi connectivity index (χ3v) is 2.98. The number of halogens is 1. The van der Waals surface area contributed by atoms with E-state index < -0.39 is 42.0 Å². The van der Waals surface area contributed by atoms with Crippen molar-refractivity contribution in [2.45, 2.75) is 13.0 Å². The quantitative estimate of drug-likeness (QED) is 0.757. The van der Waals surface area contributed by atoms with Crippen LogP contribution in [0.15, 0.2) is 18.2 Å². The van der Waals surface area contributed by atoms with E-state index in [1.165, 1.54) is 12.1 Å². The van der Waals surface area contributed by atoms with E-state index in [0.29, 0.717) is 0 Å². The zero-order valence-corrected chi connectivity index (χ0v) is 10.9. The van der Waals surface area contributed by atoms with Crippen LogP contribution in [0.25, 0.3) is 0 Å². The van der Waals surface area contributed by atoms with E-state index >= 15 is 0 Å². The van der Waals surface area contributed by atoms with Crippen LogP contribution < -0.4 is 10.2 Å². The van der Waals surface area contributed by atoms with Gasteiger partial charge in [0.1, 0.15) is 11.9 Å². The smallest absolute Gasteiger partial charge is 0.328 e. The van der Waals surface area contributed by atoms with Crippen LogP contribution in [0.4, 0.5) is 10.1 Å². The van der Waals surface area contributed by atoms with Crippen LogP contribution in [0, 0.1) is 5.82 Å². The number of carboxylic acids is 1. The number of carboxylic acid groups (broad SMARTS) is 1. The van der Waals surface area contributed by atoms with Crippen molar-refractivity contribution in [1.82, 2.24) is 5.32 Å². The van der Waals surface area contributed by atoms with Crippen LogP contribution in [0.3, 0.4) is 0 Å². The molecule has 0 bridgehead atoms. The average Bonchev–Trinajstić information content (AvgIpc) is 2.64. The molecule has 2 rings (SSSR count). The zero-order valence-electron chi connectivity index (χ0n) is 10.9. The first-order chi connectivity index (χ1) is 9.82. The number of carbonyl (C=O) groups is 4. The van der Waals surface area contributed by atoms with Gasteiger partial charge >= 0.3 is 5.97 Å². The number of carbonyl (C=O) groups excluding carboxylic acids is 3. The lowest BCUT2D eigenvalue weighted by molar-refractivity contribution is -0.141. The van der Waals surface area contributed by atoms with E-state index in [2.05, 4.69) is 5.32 Å². The Hall–Kier alpha value is -2.77. The summed E-state index contributed by atoms with van der Waals surface area (Å²) in [5.74, 6) is -4.74. The Labute approximate surface area is 118 Å². The van der Waals surface area contributed by atoms with Gasteiger partial charge in [-0.1, -0.05) is 6.07 Å². The summed E-state index contributed by atoms with van der Waals surface area (Å²) in [6, 6.07) is 2.19. The molecule has 0 radical (unpaired) electrons. The first-order valence-corrected chi connectivity index (χ1v) is 5.97. The third kappa shape index (κ3) is 2.60. The molecule has 110 valence electrons. The second-order valence-corrected chi connectivity index (χ2v) is 4.47. The van der Waals surface area contributed by atoms with Gasteiger partial charge < -0.3 is 10.4 Å². The Morgan fingerprint density at radius 3 is 2.62 bits per heavy atom. The monoisotopic (exact) mass is 294 g/mol. The van der Waals surface area contributed by atoms with Gasteiger partial charge in [0, 0.05) is 6.92 Å². The van der Waals surface area contributed by atoms with E-state index in [1.54, 1.807) is 0 Å². The fraction of sp³-hybridized carbons (Fsp3) is 0.231. The van der Waals surface area contributed by atoms with Gasteiger partial charge in [0.15, 0.2) is 0 Å². The highest BCUT2D eigenvalue weighted by atomic mass is 19.1. The molecule has 2 N–H and O–H groups in total. The molecule has 1 aromatic rings. The number of hydrogen-bond donors (Lipinski definition) is 2. The van der Waals surface area contributed by atoms with Gasteiger partial charge in [-0.15, -0.1) is 0 Å². The Kier molecular flexibility index (Phi) is 3.70. The topological polar surface area (TPSA) is 104 Å². The van der Waals surface area contributed by atoms with Crippen molar-refractivity contribution >= 4 is 29.3 Å². The molecule has 1 aromatic carbocycles. The lowest BCUT2D eigenvalue weighted by Gasteiger charge is -2.21. The summed E-state index contributed by atoms with van der Waals surface area (Å²) in [5.41, 5.74) is -0.379. The predicted molar refractivity (Wildman–Crippen MR) is 68.3 cm³/mol. The maximum atomic E-state index is 13.8. The Morgan fingerprint density at radius 1 is 1.38 bits per heavy atom. The number of benzene rings is 1. The van der Waals surface area contributed by atoms with Gasteiger partial charge in [-0.3, -0.25) is 19.3 Å². The Morgan fingerprint density at radius 2 is 2.05 bits per heavy atom. The number of hydrogen-bond acceptors (Lipinski definition) is 4. The molecular formula is C13H11FN2O5. The van der Waals surface area contributed by atoms with E-state index in [4.69, 9.17) is 5.11 Å². The number of fused-ring (bicyclic) bond motifs is 1. The van der Waals surface area contributed by atoms with Crippen LogP contribution >= 0.6 is 0 Å². The number of aliphatic carboxylic acids is 1. The molecule has 21 heavy (non-hydrogen) atoms. The van der Waals surface area contributed by atoms with Crippen LogP contribution in [0.2, 0.25) is 0 Å². The number of nitrogens with one attached hydrogen (secondary N) is 1. The maximum Gasteiger partial charge on any atom is 0.328 e. The molecule has 0 saturated heterocycles. The van der Waals surface area contributed by atoms with Crippen molar-refractivity contribution in [3.8, 4) is 0 Å². The minimum atomic E-state index is -1.44. The SMILES string of the molecule is CC(=O)NC(CN1C(=O)C(=O)c2cccc(F)c21)C(=O)O. The molecular weight excluding hydrogens is 283 g/mol. The molecule has 8 heteroatoms. The molecule has 1 aliphatic heterocycles. The average molecular weight is 294 g/mol. The summed E-state index contributed by atoms with van der Waals surface area (Å²) in [6.45, 7) is 0.578. The Balaban J connectivity index is 2.37. The van der Waals surface area contributed by atoms with Gasteiger partial charge in [0.25, 0.3) is 11.7 Å². The van der Waals surface area contributed by atoms with Crippen molar-refractivity contribution in [2.75, 3.05) is 11.4 Å². The number of rotatable bonds is 4. The van der Waals surface area contributed by atoms with Gasteiger partial charge in [0.05, 0.1) is 17.8 Å². The lowest BCUT2D eigenvalue weighted by atomic mass is 10.1. The fourth-order valence-electron chi connectivity index (χ4n) is 2.10. The first kappa shape index (κ1) is 14.6. The Bertz CT molecular complexity index is 658. The normalized spacial score (nSPS) is 14.9. The van der Waals surface area contributed by atoms with Gasteiger partial charge in [-0.2, -0.15) is 0 Å². The van der Waals surface area contributed by atoms with Crippen molar-refractivity contribution in [2.24, 2.45) is 0 Å². The number of amides is 2. The molecule has 0 spiro atoms. The maximum absolute atomic E-state index is 13.8. The third-order valence-electron chi connectivity index (χ3n) is 2.98. The second-order valence-electron chi connectivity index (χ2n) is 4.47. The van der Waals surface area contributed by atoms with E-state index in [-0.39, 0.29) is 11.3 Å². The molecule has 2 amide bonds. The van der Waals surface area contributed by atoms with Crippen molar-refractivity contribution < 1.29 is 28.7 Å². The molecule has 7 nitrogen and oxygen atoms in total. The number of Topliss-reactive ketones (excluding diaryl/α,β-unsaturated/α-hetero) is 1. The van der Waals surface area contributed by atoms with Gasteiger partial charge in [0.2, 0.25) is 5.91 Å². The van der Waals surface area contributed by atoms with Crippen LogP contribution in [0.5, 0.6) is 0 Å². The van der Waals surface area contributed by atoms with Gasteiger partial charge in [-0.05, 0) is 12.1 Å². The summed E-state index contributed by atoms with van der Waals surface area (Å²) in [5, 5.41) is 11.1. The molecule has 1 atom stereocenters. The summed E-state index contributed by atoms with van der Waals surface area (Å²) in [4.78, 5) is 46.4. The summed E-state index contributed by atoms with van der Waals surface area (Å²) < 4.78 is 13.8. The van der Waals surface area contributed by atoms with Crippen LogP contribution in [-0.4, -0.2) is 41.3 Å². The van der Waals surface area contributed by atoms with Crippen molar-refractivity contribution in [3.05, 3.63) is 29.6 Å². The summed E-state index contributed by atoms with van der Waals surface area (Å²) in [7, 11) is 0. The summed E-state index contributed by atoms with van der Waals surface area (Å²) in [6.07, 6.45) is 0. The molecule has 0 saturated carbocycles. The minimum absolute atomic E-state index is 0.119. The van der Waals surface area contributed by atoms with Crippen molar-refractivity contribution in [1.29, 1.82) is 0 Å². The minimum Gasteiger partial charge on any atom is -0.480 e.